The van der Waals surface area contributed by atoms with Crippen LogP contribution < -0.4 is 5.32 Å². The van der Waals surface area contributed by atoms with Gasteiger partial charge in [-0.2, -0.15) is 0 Å². The molecule has 0 radical (unpaired) electrons. The second-order valence-corrected chi connectivity index (χ2v) is 2.47. The largest absolute Gasteiger partial charge is 0.317 e. The van der Waals surface area contributed by atoms with E-state index in [4.69, 9.17) is 0 Å². The van der Waals surface area contributed by atoms with Crippen LogP contribution >= 0.6 is 24.8 Å². The van der Waals surface area contributed by atoms with E-state index in [-0.39, 0.29) is 24.8 Å². The predicted molar refractivity (Wildman–Crippen MR) is 57.6 cm³/mol. The smallest absolute Gasteiger partial charge is 0.146 e. The third kappa shape index (κ3) is 4.45. The first-order valence-electron chi connectivity index (χ1n) is 3.89. The average molecular weight is 227 g/mol. The Labute approximate surface area is 90.9 Å². The first kappa shape index (κ1) is 15.2. The minimum absolute atomic E-state index is 0. The summed E-state index contributed by atoms with van der Waals surface area (Å²) in [5.41, 5.74) is 0. The molecule has 1 N–H and O–H groups in total. The van der Waals surface area contributed by atoms with E-state index >= 15 is 0 Å². The number of hydrogen-bond acceptors (Lipinski definition) is 3. The van der Waals surface area contributed by atoms with Crippen LogP contribution in [0.2, 0.25) is 0 Å². The fourth-order valence-corrected chi connectivity index (χ4v) is 1.00. The van der Waals surface area contributed by atoms with Gasteiger partial charge in [-0.25, -0.2) is 0 Å². The molecule has 4 nitrogen and oxygen atoms in total. The molecule has 1 heterocycles. The lowest BCUT2D eigenvalue weighted by Gasteiger charge is -2.02. The molecule has 0 unspecified atom stereocenters. The van der Waals surface area contributed by atoms with Crippen molar-refractivity contribution in [1.29, 1.82) is 0 Å². The Bertz CT molecular complexity index is 194. The molecule has 78 valence electrons. The van der Waals surface area contributed by atoms with E-state index in [1.54, 1.807) is 6.33 Å². The maximum absolute atomic E-state index is 3.98. The Balaban J connectivity index is 0. The number of nitrogens with zero attached hydrogens (tertiary/aromatic N) is 3. The third-order valence-electron chi connectivity index (χ3n) is 1.50. The molecule has 0 aromatic carbocycles. The lowest BCUT2D eigenvalue weighted by atomic mass is 10.4. The van der Waals surface area contributed by atoms with Crippen molar-refractivity contribution in [3.63, 3.8) is 0 Å². The molecule has 0 fully saturated rings. The lowest BCUT2D eigenvalue weighted by Crippen LogP contribution is -2.11. The van der Waals surface area contributed by atoms with Crippen LogP contribution in [0.1, 0.15) is 19.2 Å². The normalized spacial score (nSPS) is 8.77. The predicted octanol–water partition coefficient (Wildman–Crippen LogP) is 1.25. The molecule has 1 aromatic rings. The second kappa shape index (κ2) is 8.29. The monoisotopic (exact) mass is 226 g/mol. The van der Waals surface area contributed by atoms with Crippen molar-refractivity contribution in [2.45, 2.75) is 26.4 Å². The van der Waals surface area contributed by atoms with Crippen LogP contribution in [0.25, 0.3) is 0 Å². The number of halogens is 2. The van der Waals surface area contributed by atoms with E-state index in [1.807, 2.05) is 7.05 Å². The minimum atomic E-state index is 0. The Morgan fingerprint density at radius 3 is 2.69 bits per heavy atom. The molecule has 13 heavy (non-hydrogen) atoms. The van der Waals surface area contributed by atoms with Crippen LogP contribution in [0.3, 0.4) is 0 Å². The van der Waals surface area contributed by atoms with E-state index in [0.29, 0.717) is 0 Å². The quantitative estimate of drug-likeness (QED) is 0.841. The van der Waals surface area contributed by atoms with Gasteiger partial charge < -0.3 is 9.88 Å². The number of aryl methyl sites for hydroxylation is 1. The molecule has 1 rings (SSSR count). The van der Waals surface area contributed by atoms with Gasteiger partial charge in [-0.1, -0.05) is 6.92 Å². The standard InChI is InChI=1S/C7H14N4.2ClH/c1-3-4-11-6-9-10-7(11)5-8-2;;/h6,8H,3-5H2,1-2H3;2*1H. The Morgan fingerprint density at radius 2 is 2.15 bits per heavy atom. The Kier molecular flexibility index (Phi) is 9.67. The second-order valence-electron chi connectivity index (χ2n) is 2.47. The summed E-state index contributed by atoms with van der Waals surface area (Å²) in [5.74, 6) is 1.01. The van der Waals surface area contributed by atoms with Gasteiger partial charge in [-0.15, -0.1) is 35.0 Å². The summed E-state index contributed by atoms with van der Waals surface area (Å²) < 4.78 is 2.07. The van der Waals surface area contributed by atoms with Crippen molar-refractivity contribution >= 4 is 24.8 Å². The lowest BCUT2D eigenvalue weighted by molar-refractivity contribution is 0.615. The SMILES string of the molecule is CCCn1cnnc1CNC.Cl.Cl. The van der Waals surface area contributed by atoms with Gasteiger partial charge in [0.15, 0.2) is 0 Å². The van der Waals surface area contributed by atoms with Crippen molar-refractivity contribution in [1.82, 2.24) is 20.1 Å². The van der Waals surface area contributed by atoms with Crippen LogP contribution in [0.5, 0.6) is 0 Å². The summed E-state index contributed by atoms with van der Waals surface area (Å²) in [4.78, 5) is 0. The van der Waals surface area contributed by atoms with Crippen LogP contribution in [-0.4, -0.2) is 21.8 Å². The molecule has 0 aliphatic carbocycles. The van der Waals surface area contributed by atoms with Gasteiger partial charge in [0.05, 0.1) is 6.54 Å². The zero-order valence-electron chi connectivity index (χ0n) is 7.86. The highest BCUT2D eigenvalue weighted by Crippen LogP contribution is 1.95. The molecule has 6 heteroatoms. The number of hydrogen-bond donors (Lipinski definition) is 1. The van der Waals surface area contributed by atoms with Crippen molar-refractivity contribution in [3.8, 4) is 0 Å². The Morgan fingerprint density at radius 1 is 1.46 bits per heavy atom. The van der Waals surface area contributed by atoms with Gasteiger partial charge >= 0.3 is 0 Å². The van der Waals surface area contributed by atoms with Crippen molar-refractivity contribution in [2.24, 2.45) is 0 Å². The molecule has 0 aliphatic rings. The van der Waals surface area contributed by atoms with Gasteiger partial charge in [-0.05, 0) is 13.5 Å². The van der Waals surface area contributed by atoms with Gasteiger partial charge in [-0.3, -0.25) is 0 Å². The fourth-order valence-electron chi connectivity index (χ4n) is 1.00. The van der Waals surface area contributed by atoms with E-state index in [1.165, 1.54) is 0 Å². The highest BCUT2D eigenvalue weighted by molar-refractivity contribution is 5.85. The summed E-state index contributed by atoms with van der Waals surface area (Å²) >= 11 is 0. The highest BCUT2D eigenvalue weighted by Gasteiger charge is 1.99. The number of rotatable bonds is 4. The maximum atomic E-state index is 3.98. The van der Waals surface area contributed by atoms with Gasteiger partial charge in [0.25, 0.3) is 0 Å². The highest BCUT2D eigenvalue weighted by atomic mass is 35.5. The average Bonchev–Trinajstić information content (AvgIpc) is 2.39. The number of aromatic nitrogens is 3. The first-order chi connectivity index (χ1) is 5.38. The van der Waals surface area contributed by atoms with Gasteiger partial charge in [0.1, 0.15) is 12.2 Å². The molecular weight excluding hydrogens is 211 g/mol. The van der Waals surface area contributed by atoms with E-state index in [2.05, 4.69) is 27.0 Å². The van der Waals surface area contributed by atoms with Crippen molar-refractivity contribution < 1.29 is 0 Å². The summed E-state index contributed by atoms with van der Waals surface area (Å²) in [6.45, 7) is 3.94. The summed E-state index contributed by atoms with van der Waals surface area (Å²) in [6, 6.07) is 0. The van der Waals surface area contributed by atoms with E-state index in [0.717, 1.165) is 25.3 Å². The molecule has 1 aromatic heterocycles. The van der Waals surface area contributed by atoms with Gasteiger partial charge in [0.2, 0.25) is 0 Å². The maximum Gasteiger partial charge on any atom is 0.146 e. The summed E-state index contributed by atoms with van der Waals surface area (Å²) in [5, 5.41) is 10.9. The van der Waals surface area contributed by atoms with Gasteiger partial charge in [0, 0.05) is 6.54 Å². The van der Waals surface area contributed by atoms with E-state index in [9.17, 15) is 0 Å². The zero-order chi connectivity index (χ0) is 8.10. The fraction of sp³-hybridized carbons (Fsp3) is 0.714. The molecule has 0 amide bonds. The molecule has 0 saturated heterocycles. The van der Waals surface area contributed by atoms with Crippen LogP contribution in [0.4, 0.5) is 0 Å². The minimum Gasteiger partial charge on any atom is -0.317 e. The van der Waals surface area contributed by atoms with Crippen LogP contribution in [0, 0.1) is 0 Å². The van der Waals surface area contributed by atoms with Crippen LogP contribution in [0.15, 0.2) is 6.33 Å². The molecule has 0 aliphatic heterocycles. The molecular formula is C7H16Cl2N4. The topological polar surface area (TPSA) is 42.7 Å². The summed E-state index contributed by atoms with van der Waals surface area (Å²) in [7, 11) is 1.91. The first-order valence-corrected chi connectivity index (χ1v) is 3.89. The zero-order valence-corrected chi connectivity index (χ0v) is 9.49. The molecule has 0 saturated carbocycles. The van der Waals surface area contributed by atoms with Crippen molar-refractivity contribution in [2.75, 3.05) is 7.05 Å². The Hall–Kier alpha value is -0.320. The number of nitrogens with one attached hydrogen (secondary N) is 1. The van der Waals surface area contributed by atoms with E-state index < -0.39 is 0 Å². The van der Waals surface area contributed by atoms with Crippen molar-refractivity contribution in [3.05, 3.63) is 12.2 Å². The molecule has 0 bridgehead atoms. The molecule has 0 spiro atoms. The molecule has 0 atom stereocenters. The third-order valence-corrected chi connectivity index (χ3v) is 1.50. The summed E-state index contributed by atoms with van der Waals surface area (Å²) in [6.07, 6.45) is 2.89. The van der Waals surface area contributed by atoms with Crippen LogP contribution in [-0.2, 0) is 13.1 Å².